The number of hydrogen-bond donors (Lipinski definition) is 1. The topological polar surface area (TPSA) is 58.1 Å². The molecule has 0 unspecified atom stereocenters. The Bertz CT molecular complexity index is 1070. The van der Waals surface area contributed by atoms with E-state index in [2.05, 4.69) is 9.88 Å². The third-order valence-corrected chi connectivity index (χ3v) is 5.12. The fraction of sp³-hybridized carbons (Fsp3) is 0.300. The number of anilines is 1. The maximum absolute atomic E-state index is 13.9. The van der Waals surface area contributed by atoms with Gasteiger partial charge in [0.1, 0.15) is 5.82 Å². The van der Waals surface area contributed by atoms with Gasteiger partial charge in [0.05, 0.1) is 17.4 Å². The predicted molar refractivity (Wildman–Crippen MR) is 100 cm³/mol. The first-order valence-electron chi connectivity index (χ1n) is 8.79. The molecule has 2 heterocycles. The lowest BCUT2D eigenvalue weighted by molar-refractivity contribution is 0.522. The van der Waals surface area contributed by atoms with Crippen LogP contribution in [0.25, 0.3) is 10.9 Å². The van der Waals surface area contributed by atoms with E-state index < -0.39 is 17.1 Å². The number of aromatic amines is 1. The summed E-state index contributed by atoms with van der Waals surface area (Å²) in [5.41, 5.74) is 0.968. The predicted octanol–water partition coefficient (Wildman–Crippen LogP) is 2.81. The summed E-state index contributed by atoms with van der Waals surface area (Å²) in [6, 6.07) is 12.8. The second-order valence-electron chi connectivity index (χ2n) is 6.82. The van der Waals surface area contributed by atoms with Gasteiger partial charge in [-0.1, -0.05) is 18.2 Å². The molecule has 3 aromatic rings. The number of halogens is 1. The van der Waals surface area contributed by atoms with E-state index in [-0.39, 0.29) is 18.0 Å². The molecule has 1 N–H and O–H groups in total. The summed E-state index contributed by atoms with van der Waals surface area (Å²) in [5.74, 6) is -0.444. The standard InChI is InChI=1S/C20H20FN3O2/c1-13-10-18-16(11-17(13)21)19(25)24(20(26)22-18)12-15-8-5-9-23(15)14-6-3-2-4-7-14/h2-4,6-7,10-11,15H,5,8-9,12H2,1H3,(H,22,26)/t15-/m1/s1. The first kappa shape index (κ1) is 16.6. The van der Waals surface area contributed by atoms with Gasteiger partial charge >= 0.3 is 5.69 Å². The van der Waals surface area contributed by atoms with Crippen LogP contribution in [0, 0.1) is 12.7 Å². The van der Waals surface area contributed by atoms with E-state index in [1.54, 1.807) is 6.92 Å². The first-order valence-corrected chi connectivity index (χ1v) is 8.79. The van der Waals surface area contributed by atoms with Gasteiger partial charge < -0.3 is 9.88 Å². The largest absolute Gasteiger partial charge is 0.367 e. The fourth-order valence-electron chi connectivity index (χ4n) is 3.74. The molecule has 26 heavy (non-hydrogen) atoms. The van der Waals surface area contributed by atoms with Crippen LogP contribution in [-0.4, -0.2) is 22.1 Å². The van der Waals surface area contributed by atoms with Gasteiger partial charge in [-0.05, 0) is 49.6 Å². The fourth-order valence-corrected chi connectivity index (χ4v) is 3.74. The number of nitrogens with one attached hydrogen (secondary N) is 1. The molecule has 1 aromatic heterocycles. The van der Waals surface area contributed by atoms with E-state index in [0.29, 0.717) is 11.1 Å². The van der Waals surface area contributed by atoms with Gasteiger partial charge in [-0.25, -0.2) is 9.18 Å². The third kappa shape index (κ3) is 2.81. The third-order valence-electron chi connectivity index (χ3n) is 5.12. The average Bonchev–Trinajstić information content (AvgIpc) is 3.10. The van der Waals surface area contributed by atoms with E-state index >= 15 is 0 Å². The van der Waals surface area contributed by atoms with Crippen LogP contribution in [0.5, 0.6) is 0 Å². The highest BCUT2D eigenvalue weighted by Crippen LogP contribution is 2.25. The Hall–Kier alpha value is -2.89. The number of aryl methyl sites for hydroxylation is 1. The molecule has 134 valence electrons. The molecule has 0 aliphatic carbocycles. The zero-order valence-corrected chi connectivity index (χ0v) is 14.5. The highest BCUT2D eigenvalue weighted by molar-refractivity contribution is 5.78. The monoisotopic (exact) mass is 353 g/mol. The maximum atomic E-state index is 13.9. The van der Waals surface area contributed by atoms with Crippen molar-refractivity contribution in [2.75, 3.05) is 11.4 Å². The SMILES string of the molecule is Cc1cc2[nH]c(=O)n(C[C@H]3CCCN3c3ccccc3)c(=O)c2cc1F. The second kappa shape index (κ2) is 6.44. The first-order chi connectivity index (χ1) is 12.5. The highest BCUT2D eigenvalue weighted by atomic mass is 19.1. The van der Waals surface area contributed by atoms with Crippen molar-refractivity contribution in [1.82, 2.24) is 9.55 Å². The van der Waals surface area contributed by atoms with Crippen LogP contribution in [0.2, 0.25) is 0 Å². The molecule has 6 heteroatoms. The molecule has 0 saturated carbocycles. The number of nitrogens with zero attached hydrogens (tertiary/aromatic N) is 2. The van der Waals surface area contributed by atoms with E-state index in [1.807, 2.05) is 30.3 Å². The van der Waals surface area contributed by atoms with E-state index in [1.165, 1.54) is 16.7 Å². The van der Waals surface area contributed by atoms with Crippen LogP contribution in [-0.2, 0) is 6.54 Å². The molecule has 1 atom stereocenters. The van der Waals surface area contributed by atoms with Crippen LogP contribution in [0.4, 0.5) is 10.1 Å². The highest BCUT2D eigenvalue weighted by Gasteiger charge is 2.26. The van der Waals surface area contributed by atoms with Gasteiger partial charge in [-0.2, -0.15) is 0 Å². The number of benzene rings is 2. The van der Waals surface area contributed by atoms with Crippen molar-refractivity contribution in [2.45, 2.75) is 32.4 Å². The van der Waals surface area contributed by atoms with Gasteiger partial charge in [0, 0.05) is 18.3 Å². The van der Waals surface area contributed by atoms with Crippen molar-refractivity contribution in [3.05, 3.63) is 74.7 Å². The number of para-hydroxylation sites is 1. The lowest BCUT2D eigenvalue weighted by atomic mass is 10.1. The van der Waals surface area contributed by atoms with Crippen LogP contribution in [0.1, 0.15) is 18.4 Å². The van der Waals surface area contributed by atoms with Crippen molar-refractivity contribution < 1.29 is 4.39 Å². The minimum atomic E-state index is -0.451. The van der Waals surface area contributed by atoms with Gasteiger partial charge in [-0.3, -0.25) is 9.36 Å². The lowest BCUT2D eigenvalue weighted by Crippen LogP contribution is -2.42. The summed E-state index contributed by atoms with van der Waals surface area (Å²) >= 11 is 0. The Morgan fingerprint density at radius 1 is 1.19 bits per heavy atom. The van der Waals surface area contributed by atoms with Crippen molar-refractivity contribution >= 4 is 16.6 Å². The molecule has 0 spiro atoms. The van der Waals surface area contributed by atoms with Gasteiger partial charge in [0.2, 0.25) is 0 Å². The summed E-state index contributed by atoms with van der Waals surface area (Å²) in [6.07, 6.45) is 1.91. The Labute approximate surface area is 149 Å². The molecular formula is C20H20FN3O2. The van der Waals surface area contributed by atoms with Gasteiger partial charge in [0.15, 0.2) is 0 Å². The molecule has 0 radical (unpaired) electrons. The molecule has 5 nitrogen and oxygen atoms in total. The van der Waals surface area contributed by atoms with E-state index in [0.717, 1.165) is 25.1 Å². The van der Waals surface area contributed by atoms with Gasteiger partial charge in [-0.15, -0.1) is 0 Å². The minimum absolute atomic E-state index is 0.0592. The zero-order valence-electron chi connectivity index (χ0n) is 14.5. The zero-order chi connectivity index (χ0) is 18.3. The number of aromatic nitrogens is 2. The quantitative estimate of drug-likeness (QED) is 0.788. The van der Waals surface area contributed by atoms with Crippen LogP contribution >= 0.6 is 0 Å². The number of H-pyrrole nitrogens is 1. The van der Waals surface area contributed by atoms with E-state index in [9.17, 15) is 14.0 Å². The van der Waals surface area contributed by atoms with Crippen molar-refractivity contribution in [3.63, 3.8) is 0 Å². The smallest absolute Gasteiger partial charge is 0.328 e. The molecular weight excluding hydrogens is 333 g/mol. The maximum Gasteiger partial charge on any atom is 0.328 e. The molecule has 4 rings (SSSR count). The Balaban J connectivity index is 1.74. The van der Waals surface area contributed by atoms with Gasteiger partial charge in [0.25, 0.3) is 5.56 Å². The summed E-state index contributed by atoms with van der Waals surface area (Å²) in [6.45, 7) is 2.78. The molecule has 1 aliphatic heterocycles. The number of hydrogen-bond acceptors (Lipinski definition) is 3. The van der Waals surface area contributed by atoms with Crippen molar-refractivity contribution in [2.24, 2.45) is 0 Å². The summed E-state index contributed by atoms with van der Waals surface area (Å²) in [4.78, 5) is 30.2. The van der Waals surface area contributed by atoms with Crippen LogP contribution in [0.15, 0.2) is 52.1 Å². The normalized spacial score (nSPS) is 17.2. The van der Waals surface area contributed by atoms with Crippen molar-refractivity contribution in [1.29, 1.82) is 0 Å². The minimum Gasteiger partial charge on any atom is -0.367 e. The Morgan fingerprint density at radius 3 is 2.73 bits per heavy atom. The Kier molecular flexibility index (Phi) is 4.11. The Morgan fingerprint density at radius 2 is 1.96 bits per heavy atom. The number of rotatable bonds is 3. The summed E-state index contributed by atoms with van der Waals surface area (Å²) in [5, 5.41) is 0.206. The molecule has 1 fully saturated rings. The van der Waals surface area contributed by atoms with E-state index in [4.69, 9.17) is 0 Å². The van der Waals surface area contributed by atoms with Crippen LogP contribution < -0.4 is 16.1 Å². The molecule has 1 saturated heterocycles. The molecule has 1 aliphatic rings. The summed E-state index contributed by atoms with van der Waals surface area (Å²) in [7, 11) is 0. The lowest BCUT2D eigenvalue weighted by Gasteiger charge is -2.27. The molecule has 0 amide bonds. The molecule has 2 aromatic carbocycles. The molecule has 0 bridgehead atoms. The average molecular weight is 353 g/mol. The number of fused-ring (bicyclic) bond motifs is 1. The second-order valence-corrected chi connectivity index (χ2v) is 6.82. The van der Waals surface area contributed by atoms with Crippen LogP contribution in [0.3, 0.4) is 0 Å². The van der Waals surface area contributed by atoms with Crippen molar-refractivity contribution in [3.8, 4) is 0 Å². The summed E-state index contributed by atoms with van der Waals surface area (Å²) < 4.78 is 15.1.